The number of nitriles is 1. The molecule has 1 aliphatic rings. The summed E-state index contributed by atoms with van der Waals surface area (Å²) in [6.07, 6.45) is 0. The number of nitrogens with zero attached hydrogens (tertiary/aromatic N) is 3. The predicted octanol–water partition coefficient (Wildman–Crippen LogP) is 0.166. The van der Waals surface area contributed by atoms with Crippen LogP contribution in [0.1, 0.15) is 5.56 Å². The Kier molecular flexibility index (Phi) is 3.92. The van der Waals surface area contributed by atoms with Crippen LogP contribution in [0.2, 0.25) is 0 Å². The van der Waals surface area contributed by atoms with Crippen molar-refractivity contribution < 1.29 is 4.79 Å². The SMILES string of the molecule is N#Cc1ccc(N2CCN(CCN)CC2=O)cc1. The van der Waals surface area contributed by atoms with E-state index in [0.29, 0.717) is 25.2 Å². The van der Waals surface area contributed by atoms with Gasteiger partial charge in [-0.2, -0.15) is 5.26 Å². The second-order valence-electron chi connectivity index (χ2n) is 4.27. The van der Waals surface area contributed by atoms with Crippen LogP contribution in [0.4, 0.5) is 5.69 Å². The van der Waals surface area contributed by atoms with Crippen LogP contribution in [0.25, 0.3) is 0 Å². The third kappa shape index (κ3) is 2.67. The number of rotatable bonds is 3. The van der Waals surface area contributed by atoms with Crippen molar-refractivity contribution in [2.24, 2.45) is 5.73 Å². The summed E-state index contributed by atoms with van der Waals surface area (Å²) in [5.41, 5.74) is 6.94. The first-order valence-corrected chi connectivity index (χ1v) is 5.97. The molecule has 5 nitrogen and oxygen atoms in total. The van der Waals surface area contributed by atoms with E-state index in [4.69, 9.17) is 11.0 Å². The van der Waals surface area contributed by atoms with Crippen LogP contribution in [0.3, 0.4) is 0 Å². The summed E-state index contributed by atoms with van der Waals surface area (Å²) in [5.74, 6) is 0.0828. The molecule has 1 saturated heterocycles. The Hall–Kier alpha value is -1.90. The van der Waals surface area contributed by atoms with E-state index >= 15 is 0 Å². The lowest BCUT2D eigenvalue weighted by Crippen LogP contribution is -2.51. The van der Waals surface area contributed by atoms with Crippen LogP contribution >= 0.6 is 0 Å². The highest BCUT2D eigenvalue weighted by Crippen LogP contribution is 2.17. The van der Waals surface area contributed by atoms with Crippen molar-refractivity contribution in [3.05, 3.63) is 29.8 Å². The molecule has 1 aromatic carbocycles. The van der Waals surface area contributed by atoms with Gasteiger partial charge in [-0.25, -0.2) is 0 Å². The first kappa shape index (κ1) is 12.6. The fraction of sp³-hybridized carbons (Fsp3) is 0.385. The lowest BCUT2D eigenvalue weighted by molar-refractivity contribution is -0.121. The minimum absolute atomic E-state index is 0.0828. The number of anilines is 1. The lowest BCUT2D eigenvalue weighted by Gasteiger charge is -2.34. The lowest BCUT2D eigenvalue weighted by atomic mass is 10.2. The molecule has 94 valence electrons. The maximum Gasteiger partial charge on any atom is 0.241 e. The largest absolute Gasteiger partial charge is 0.329 e. The Morgan fingerprint density at radius 2 is 2.00 bits per heavy atom. The Labute approximate surface area is 106 Å². The van der Waals surface area contributed by atoms with Gasteiger partial charge in [-0.05, 0) is 24.3 Å². The summed E-state index contributed by atoms with van der Waals surface area (Å²) in [7, 11) is 0. The molecule has 1 aliphatic heterocycles. The van der Waals surface area contributed by atoms with Crippen molar-refractivity contribution >= 4 is 11.6 Å². The first-order chi connectivity index (χ1) is 8.74. The number of benzene rings is 1. The van der Waals surface area contributed by atoms with Gasteiger partial charge in [-0.1, -0.05) is 0 Å². The fourth-order valence-electron chi connectivity index (χ4n) is 2.08. The summed E-state index contributed by atoms with van der Waals surface area (Å²) in [6.45, 7) is 3.25. The molecule has 0 saturated carbocycles. The van der Waals surface area contributed by atoms with Gasteiger partial charge in [-0.15, -0.1) is 0 Å². The molecule has 1 heterocycles. The molecular formula is C13H16N4O. The molecular weight excluding hydrogens is 228 g/mol. The molecule has 0 radical (unpaired) electrons. The van der Waals surface area contributed by atoms with E-state index in [1.807, 2.05) is 12.1 Å². The Morgan fingerprint density at radius 1 is 1.28 bits per heavy atom. The third-order valence-corrected chi connectivity index (χ3v) is 3.05. The van der Waals surface area contributed by atoms with E-state index in [1.54, 1.807) is 17.0 Å². The number of hydrogen-bond acceptors (Lipinski definition) is 4. The Bertz CT molecular complexity index is 463. The van der Waals surface area contributed by atoms with E-state index in [1.165, 1.54) is 0 Å². The van der Waals surface area contributed by atoms with Gasteiger partial charge in [0.15, 0.2) is 0 Å². The highest BCUT2D eigenvalue weighted by atomic mass is 16.2. The fourth-order valence-corrected chi connectivity index (χ4v) is 2.08. The summed E-state index contributed by atoms with van der Waals surface area (Å²) >= 11 is 0. The summed E-state index contributed by atoms with van der Waals surface area (Å²) < 4.78 is 0. The molecule has 2 N–H and O–H groups in total. The van der Waals surface area contributed by atoms with E-state index in [9.17, 15) is 4.79 Å². The maximum absolute atomic E-state index is 12.0. The minimum Gasteiger partial charge on any atom is -0.329 e. The maximum atomic E-state index is 12.0. The van der Waals surface area contributed by atoms with Crippen LogP contribution < -0.4 is 10.6 Å². The average molecular weight is 244 g/mol. The number of carbonyl (C=O) groups is 1. The smallest absolute Gasteiger partial charge is 0.241 e. The van der Waals surface area contributed by atoms with E-state index in [2.05, 4.69) is 11.0 Å². The molecule has 5 heteroatoms. The molecule has 18 heavy (non-hydrogen) atoms. The Morgan fingerprint density at radius 3 is 2.56 bits per heavy atom. The third-order valence-electron chi connectivity index (χ3n) is 3.05. The van der Waals surface area contributed by atoms with Crippen LogP contribution in [0, 0.1) is 11.3 Å². The summed E-state index contributed by atoms with van der Waals surface area (Å²) in [5, 5.41) is 8.74. The quantitative estimate of drug-likeness (QED) is 0.822. The van der Waals surface area contributed by atoms with E-state index in [0.717, 1.165) is 18.8 Å². The van der Waals surface area contributed by atoms with E-state index in [-0.39, 0.29) is 5.91 Å². The number of nitrogens with two attached hydrogens (primary N) is 1. The zero-order valence-electron chi connectivity index (χ0n) is 10.2. The average Bonchev–Trinajstić information content (AvgIpc) is 2.40. The van der Waals surface area contributed by atoms with Crippen molar-refractivity contribution in [2.75, 3.05) is 37.6 Å². The van der Waals surface area contributed by atoms with Gasteiger partial charge in [-0.3, -0.25) is 9.69 Å². The van der Waals surface area contributed by atoms with Crippen molar-refractivity contribution in [2.45, 2.75) is 0 Å². The first-order valence-electron chi connectivity index (χ1n) is 5.97. The second-order valence-corrected chi connectivity index (χ2v) is 4.27. The standard InChI is InChI=1S/C13H16N4O/c14-5-6-16-7-8-17(13(18)10-16)12-3-1-11(9-15)2-4-12/h1-4H,5-8,10,14H2. The number of hydrogen-bond donors (Lipinski definition) is 1. The molecule has 1 amide bonds. The molecule has 0 atom stereocenters. The molecule has 0 aromatic heterocycles. The van der Waals surface area contributed by atoms with Gasteiger partial charge >= 0.3 is 0 Å². The van der Waals surface area contributed by atoms with Gasteiger partial charge in [0.05, 0.1) is 18.2 Å². The summed E-state index contributed by atoms with van der Waals surface area (Å²) in [4.78, 5) is 15.8. The monoisotopic (exact) mass is 244 g/mol. The predicted molar refractivity (Wildman–Crippen MR) is 69.0 cm³/mol. The van der Waals surface area contributed by atoms with Crippen LogP contribution in [0.15, 0.2) is 24.3 Å². The molecule has 0 bridgehead atoms. The zero-order valence-corrected chi connectivity index (χ0v) is 10.2. The Balaban J connectivity index is 2.06. The zero-order chi connectivity index (χ0) is 13.0. The second kappa shape index (κ2) is 5.63. The van der Waals surface area contributed by atoms with Gasteiger partial charge in [0.1, 0.15) is 0 Å². The van der Waals surface area contributed by atoms with Gasteiger partial charge in [0.2, 0.25) is 5.91 Å². The summed E-state index contributed by atoms with van der Waals surface area (Å²) in [6, 6.07) is 9.16. The molecule has 1 fully saturated rings. The van der Waals surface area contributed by atoms with Crippen LogP contribution in [-0.2, 0) is 4.79 Å². The van der Waals surface area contributed by atoms with Crippen LogP contribution in [0.5, 0.6) is 0 Å². The molecule has 1 aromatic rings. The molecule has 2 rings (SSSR count). The minimum atomic E-state index is 0.0828. The highest BCUT2D eigenvalue weighted by molar-refractivity contribution is 5.95. The number of amides is 1. The van der Waals surface area contributed by atoms with Crippen molar-refractivity contribution in [3.8, 4) is 6.07 Å². The topological polar surface area (TPSA) is 73.4 Å². The number of carbonyl (C=O) groups excluding carboxylic acids is 1. The number of piperazine rings is 1. The van der Waals surface area contributed by atoms with Gasteiger partial charge in [0.25, 0.3) is 0 Å². The van der Waals surface area contributed by atoms with Crippen molar-refractivity contribution in [3.63, 3.8) is 0 Å². The van der Waals surface area contributed by atoms with Crippen LogP contribution in [-0.4, -0.2) is 43.5 Å². The van der Waals surface area contributed by atoms with E-state index < -0.39 is 0 Å². The molecule has 0 aliphatic carbocycles. The highest BCUT2D eigenvalue weighted by Gasteiger charge is 2.24. The molecule has 0 unspecified atom stereocenters. The van der Waals surface area contributed by atoms with Gasteiger partial charge < -0.3 is 10.6 Å². The normalized spacial score (nSPS) is 16.7. The van der Waals surface area contributed by atoms with Crippen molar-refractivity contribution in [1.82, 2.24) is 4.90 Å². The molecule has 0 spiro atoms. The van der Waals surface area contributed by atoms with Gasteiger partial charge in [0, 0.05) is 31.9 Å². The van der Waals surface area contributed by atoms with Crippen molar-refractivity contribution in [1.29, 1.82) is 5.26 Å².